The number of rotatable bonds is 9. The number of hydrogen-bond donors (Lipinski definition) is 2. The molecule has 1 aromatic carbocycles. The van der Waals surface area contributed by atoms with Gasteiger partial charge in [-0.2, -0.15) is 0 Å². The van der Waals surface area contributed by atoms with Gasteiger partial charge >= 0.3 is 5.97 Å². The minimum absolute atomic E-state index is 0.0957. The number of benzene rings is 1. The number of nitrogens with zero attached hydrogens (tertiary/aromatic N) is 1. The molecule has 1 amide bonds. The van der Waals surface area contributed by atoms with Gasteiger partial charge in [0.2, 0.25) is 5.91 Å². The molecule has 1 aromatic heterocycles. The predicted molar refractivity (Wildman–Crippen MR) is 94.3 cm³/mol. The number of carbonyl (C=O) groups excluding carboxylic acids is 1. The number of amides is 1. The molecule has 0 spiro atoms. The fourth-order valence-corrected chi connectivity index (χ4v) is 2.33. The van der Waals surface area contributed by atoms with Crippen LogP contribution >= 0.6 is 11.6 Å². The number of hydrogen-bond acceptors (Lipinski definition) is 4. The highest BCUT2D eigenvalue weighted by Crippen LogP contribution is 2.22. The SMILES string of the molecule is C=CCCC(NC(=O)CCc1ncc(-c2ccc(Cl)cc2)o1)C(=O)O. The van der Waals surface area contributed by atoms with Gasteiger partial charge in [0.1, 0.15) is 6.04 Å². The summed E-state index contributed by atoms with van der Waals surface area (Å²) in [6, 6.07) is 6.22. The summed E-state index contributed by atoms with van der Waals surface area (Å²) in [6.45, 7) is 3.55. The Balaban J connectivity index is 1.88. The molecule has 1 atom stereocenters. The average molecular weight is 363 g/mol. The van der Waals surface area contributed by atoms with Crippen molar-refractivity contribution in [1.29, 1.82) is 0 Å². The van der Waals surface area contributed by atoms with E-state index in [0.29, 0.717) is 29.5 Å². The van der Waals surface area contributed by atoms with E-state index in [-0.39, 0.29) is 18.7 Å². The van der Waals surface area contributed by atoms with Gasteiger partial charge in [-0.3, -0.25) is 4.79 Å². The van der Waals surface area contributed by atoms with Gasteiger partial charge in [-0.05, 0) is 37.1 Å². The summed E-state index contributed by atoms with van der Waals surface area (Å²) in [5.41, 5.74) is 0.836. The molecule has 0 radical (unpaired) electrons. The van der Waals surface area contributed by atoms with E-state index in [2.05, 4.69) is 16.9 Å². The number of nitrogens with one attached hydrogen (secondary N) is 1. The zero-order valence-electron chi connectivity index (χ0n) is 13.6. The summed E-state index contributed by atoms with van der Waals surface area (Å²) in [5.74, 6) is -0.418. The fraction of sp³-hybridized carbons (Fsp3) is 0.278. The highest BCUT2D eigenvalue weighted by atomic mass is 35.5. The Morgan fingerprint density at radius 1 is 1.36 bits per heavy atom. The van der Waals surface area contributed by atoms with Gasteiger partial charge in [-0.25, -0.2) is 9.78 Å². The molecule has 1 heterocycles. The molecule has 0 aliphatic carbocycles. The zero-order valence-corrected chi connectivity index (χ0v) is 14.3. The van der Waals surface area contributed by atoms with Crippen molar-refractivity contribution < 1.29 is 19.1 Å². The molecule has 0 aliphatic heterocycles. The van der Waals surface area contributed by atoms with Crippen LogP contribution in [0.1, 0.15) is 25.2 Å². The van der Waals surface area contributed by atoms with Crippen LogP contribution in [0.4, 0.5) is 0 Å². The summed E-state index contributed by atoms with van der Waals surface area (Å²) in [7, 11) is 0. The molecular weight excluding hydrogens is 344 g/mol. The lowest BCUT2D eigenvalue weighted by Crippen LogP contribution is -2.40. The second-order valence-corrected chi connectivity index (χ2v) is 5.89. The van der Waals surface area contributed by atoms with Crippen molar-refractivity contribution >= 4 is 23.5 Å². The fourth-order valence-electron chi connectivity index (χ4n) is 2.20. The highest BCUT2D eigenvalue weighted by molar-refractivity contribution is 6.30. The first kappa shape index (κ1) is 18.7. The molecule has 0 aliphatic rings. The zero-order chi connectivity index (χ0) is 18.2. The number of oxazole rings is 1. The monoisotopic (exact) mass is 362 g/mol. The molecule has 1 unspecified atom stereocenters. The quantitative estimate of drug-likeness (QED) is 0.666. The lowest BCUT2D eigenvalue weighted by Gasteiger charge is -2.13. The molecule has 2 N–H and O–H groups in total. The van der Waals surface area contributed by atoms with Crippen LogP contribution in [0.3, 0.4) is 0 Å². The highest BCUT2D eigenvalue weighted by Gasteiger charge is 2.19. The van der Waals surface area contributed by atoms with Crippen LogP contribution in [0.25, 0.3) is 11.3 Å². The summed E-state index contributed by atoms with van der Waals surface area (Å²) in [5, 5.41) is 12.2. The molecule has 0 saturated heterocycles. The number of aliphatic carboxylic acids is 1. The largest absolute Gasteiger partial charge is 0.480 e. The maximum atomic E-state index is 11.9. The molecule has 7 heteroatoms. The number of aromatic nitrogens is 1. The summed E-state index contributed by atoms with van der Waals surface area (Å²) < 4.78 is 5.61. The van der Waals surface area contributed by atoms with Crippen molar-refractivity contribution in [3.8, 4) is 11.3 Å². The van der Waals surface area contributed by atoms with Crippen molar-refractivity contribution in [3.63, 3.8) is 0 Å². The maximum absolute atomic E-state index is 11.9. The third-order valence-electron chi connectivity index (χ3n) is 3.54. The van der Waals surface area contributed by atoms with Gasteiger partial charge in [0, 0.05) is 23.4 Å². The van der Waals surface area contributed by atoms with E-state index in [1.807, 2.05) is 12.1 Å². The molecule has 0 fully saturated rings. The third kappa shape index (κ3) is 5.76. The van der Waals surface area contributed by atoms with Crippen LogP contribution in [-0.4, -0.2) is 28.0 Å². The minimum atomic E-state index is -1.06. The Morgan fingerprint density at radius 3 is 2.72 bits per heavy atom. The van der Waals surface area contributed by atoms with Crippen LogP contribution in [0.5, 0.6) is 0 Å². The average Bonchev–Trinajstić information content (AvgIpc) is 3.06. The number of aryl methyl sites for hydroxylation is 1. The number of carboxylic acids is 1. The van der Waals surface area contributed by atoms with Crippen molar-refractivity contribution in [2.24, 2.45) is 0 Å². The van der Waals surface area contributed by atoms with Crippen LogP contribution < -0.4 is 5.32 Å². The summed E-state index contributed by atoms with van der Waals surface area (Å²) in [4.78, 5) is 27.2. The molecule has 2 rings (SSSR count). The van der Waals surface area contributed by atoms with Crippen molar-refractivity contribution in [2.75, 3.05) is 0 Å². The van der Waals surface area contributed by atoms with Gasteiger partial charge in [-0.1, -0.05) is 17.7 Å². The second-order valence-electron chi connectivity index (χ2n) is 5.45. The Morgan fingerprint density at radius 2 is 2.08 bits per heavy atom. The van der Waals surface area contributed by atoms with Gasteiger partial charge in [0.15, 0.2) is 11.7 Å². The van der Waals surface area contributed by atoms with E-state index in [0.717, 1.165) is 5.56 Å². The van der Waals surface area contributed by atoms with Crippen LogP contribution in [0, 0.1) is 0 Å². The Bertz CT molecular complexity index is 740. The number of halogens is 1. The number of carbonyl (C=O) groups is 2. The maximum Gasteiger partial charge on any atom is 0.326 e. The second kappa shape index (κ2) is 9.03. The van der Waals surface area contributed by atoms with Gasteiger partial charge in [0.25, 0.3) is 0 Å². The first-order chi connectivity index (χ1) is 12.0. The van der Waals surface area contributed by atoms with E-state index in [1.54, 1.807) is 24.4 Å². The molecule has 0 saturated carbocycles. The topological polar surface area (TPSA) is 92.4 Å². The van der Waals surface area contributed by atoms with Crippen LogP contribution in [-0.2, 0) is 16.0 Å². The van der Waals surface area contributed by atoms with E-state index >= 15 is 0 Å². The Labute approximate surface area is 150 Å². The normalized spacial score (nSPS) is 11.7. The first-order valence-corrected chi connectivity index (χ1v) is 8.21. The Hall–Kier alpha value is -2.60. The van der Waals surface area contributed by atoms with Crippen molar-refractivity contribution in [2.45, 2.75) is 31.7 Å². The lowest BCUT2D eigenvalue weighted by molar-refractivity contribution is -0.142. The standard InChI is InChI=1S/C18H19ClN2O4/c1-2-3-4-14(18(23)24)21-16(22)9-10-17-20-11-15(25-17)12-5-7-13(19)8-6-12/h2,5-8,11,14H,1,3-4,9-10H2,(H,21,22)(H,23,24). The van der Waals surface area contributed by atoms with Crippen molar-refractivity contribution in [1.82, 2.24) is 10.3 Å². The molecular formula is C18H19ClN2O4. The minimum Gasteiger partial charge on any atom is -0.480 e. The van der Waals surface area contributed by atoms with Crippen LogP contribution in [0.15, 0.2) is 47.5 Å². The van der Waals surface area contributed by atoms with E-state index in [4.69, 9.17) is 21.1 Å². The lowest BCUT2D eigenvalue weighted by atomic mass is 10.1. The van der Waals surface area contributed by atoms with Gasteiger partial charge in [0.05, 0.1) is 6.20 Å². The summed E-state index contributed by atoms with van der Waals surface area (Å²) in [6.07, 6.45) is 4.41. The van der Waals surface area contributed by atoms with Gasteiger partial charge < -0.3 is 14.8 Å². The number of allylic oxidation sites excluding steroid dienone is 1. The predicted octanol–water partition coefficient (Wildman–Crippen LogP) is 3.46. The summed E-state index contributed by atoms with van der Waals surface area (Å²) >= 11 is 5.85. The molecule has 25 heavy (non-hydrogen) atoms. The number of carboxylic acid groups (broad SMARTS) is 1. The van der Waals surface area contributed by atoms with E-state index in [1.165, 1.54) is 0 Å². The molecule has 2 aromatic rings. The van der Waals surface area contributed by atoms with Crippen LogP contribution in [0.2, 0.25) is 5.02 Å². The van der Waals surface area contributed by atoms with Crippen molar-refractivity contribution in [3.05, 3.63) is 54.0 Å². The van der Waals surface area contributed by atoms with E-state index < -0.39 is 12.0 Å². The molecule has 0 bridgehead atoms. The van der Waals surface area contributed by atoms with Gasteiger partial charge in [-0.15, -0.1) is 6.58 Å². The first-order valence-electron chi connectivity index (χ1n) is 7.83. The smallest absolute Gasteiger partial charge is 0.326 e. The molecule has 6 nitrogen and oxygen atoms in total. The Kier molecular flexibility index (Phi) is 6.77. The van der Waals surface area contributed by atoms with E-state index in [9.17, 15) is 9.59 Å². The third-order valence-corrected chi connectivity index (χ3v) is 3.79. The molecule has 132 valence electrons.